The quantitative estimate of drug-likeness (QED) is 0.153. The SMILES string of the molecule is Cc1ccc2nc(CC(=O)C(=O)NCCOC3CCC(Nc4ccc([N+](=O)[O-])c(C(F)(F)F)c4)CC3)ccc2c1. The van der Waals surface area contributed by atoms with Crippen LogP contribution >= 0.6 is 0 Å². The summed E-state index contributed by atoms with van der Waals surface area (Å²) < 4.78 is 45.5. The number of ketones is 1. The zero-order valence-electron chi connectivity index (χ0n) is 21.8. The van der Waals surface area contributed by atoms with Crippen LogP contribution in [0.25, 0.3) is 10.9 Å². The molecule has 1 heterocycles. The number of alkyl halides is 3. The van der Waals surface area contributed by atoms with Crippen LogP contribution in [0.15, 0.2) is 48.5 Å². The topological polar surface area (TPSA) is 123 Å². The van der Waals surface area contributed by atoms with E-state index in [1.165, 1.54) is 6.07 Å². The number of nitro groups is 1. The lowest BCUT2D eigenvalue weighted by Crippen LogP contribution is -2.36. The van der Waals surface area contributed by atoms with Gasteiger partial charge in [0, 0.05) is 35.4 Å². The Balaban J connectivity index is 1.17. The van der Waals surface area contributed by atoms with Crippen LogP contribution < -0.4 is 10.6 Å². The van der Waals surface area contributed by atoms with Gasteiger partial charge in [-0.3, -0.25) is 24.7 Å². The van der Waals surface area contributed by atoms with Gasteiger partial charge in [0.25, 0.3) is 11.6 Å². The molecule has 0 radical (unpaired) electrons. The molecule has 9 nitrogen and oxygen atoms in total. The number of aromatic nitrogens is 1. The third kappa shape index (κ3) is 7.53. The molecule has 1 amide bonds. The monoisotopic (exact) mass is 558 g/mol. The van der Waals surface area contributed by atoms with Crippen molar-refractivity contribution in [2.24, 2.45) is 0 Å². The number of nitrogens with one attached hydrogen (secondary N) is 2. The van der Waals surface area contributed by atoms with E-state index >= 15 is 0 Å². The first kappa shape index (κ1) is 28.9. The highest BCUT2D eigenvalue weighted by molar-refractivity contribution is 6.36. The number of carbonyl (C=O) groups is 2. The highest BCUT2D eigenvalue weighted by atomic mass is 19.4. The number of ether oxygens (including phenoxy) is 1. The maximum atomic E-state index is 13.2. The van der Waals surface area contributed by atoms with Gasteiger partial charge in [-0.25, -0.2) is 0 Å². The maximum Gasteiger partial charge on any atom is 0.423 e. The summed E-state index contributed by atoms with van der Waals surface area (Å²) in [7, 11) is 0. The van der Waals surface area contributed by atoms with Crippen molar-refractivity contribution in [3.63, 3.8) is 0 Å². The van der Waals surface area contributed by atoms with Crippen LogP contribution in [0, 0.1) is 17.0 Å². The van der Waals surface area contributed by atoms with Crippen molar-refractivity contribution in [2.75, 3.05) is 18.5 Å². The van der Waals surface area contributed by atoms with E-state index in [2.05, 4.69) is 15.6 Å². The number of hydrogen-bond acceptors (Lipinski definition) is 7. The Kier molecular flexibility index (Phi) is 8.98. The second-order valence-corrected chi connectivity index (χ2v) is 9.83. The van der Waals surface area contributed by atoms with Gasteiger partial charge in [0.2, 0.25) is 5.78 Å². The molecule has 212 valence electrons. The summed E-state index contributed by atoms with van der Waals surface area (Å²) in [4.78, 5) is 38.9. The molecule has 12 heteroatoms. The highest BCUT2D eigenvalue weighted by Crippen LogP contribution is 2.38. The molecule has 4 rings (SSSR count). The number of pyridine rings is 1. The summed E-state index contributed by atoms with van der Waals surface area (Å²) >= 11 is 0. The fourth-order valence-electron chi connectivity index (χ4n) is 4.74. The third-order valence-corrected chi connectivity index (χ3v) is 6.78. The summed E-state index contributed by atoms with van der Waals surface area (Å²) in [6.45, 7) is 2.36. The Labute approximate surface area is 228 Å². The van der Waals surface area contributed by atoms with Gasteiger partial charge in [-0.1, -0.05) is 17.7 Å². The molecular formula is C28H29F3N4O5. The average Bonchev–Trinajstić information content (AvgIpc) is 2.91. The first-order chi connectivity index (χ1) is 19.0. The molecule has 2 N–H and O–H groups in total. The largest absolute Gasteiger partial charge is 0.423 e. The number of fused-ring (bicyclic) bond motifs is 1. The first-order valence-corrected chi connectivity index (χ1v) is 12.9. The van der Waals surface area contributed by atoms with Crippen molar-refractivity contribution in [3.8, 4) is 0 Å². The second kappa shape index (κ2) is 12.4. The Bertz CT molecular complexity index is 1400. The van der Waals surface area contributed by atoms with Gasteiger partial charge < -0.3 is 15.4 Å². The van der Waals surface area contributed by atoms with Crippen molar-refractivity contribution >= 4 is 34.0 Å². The van der Waals surface area contributed by atoms with Gasteiger partial charge in [0.15, 0.2) is 0 Å². The lowest BCUT2D eigenvalue weighted by atomic mass is 9.92. The number of anilines is 1. The molecule has 1 aliphatic rings. The Morgan fingerprint density at radius 2 is 1.82 bits per heavy atom. The van der Waals surface area contributed by atoms with E-state index in [1.807, 2.05) is 31.2 Å². The number of Topliss-reactive ketones (excluding diaryl/α,β-unsaturated/α-hetero) is 1. The van der Waals surface area contributed by atoms with Gasteiger partial charge in [0.1, 0.15) is 5.56 Å². The molecule has 40 heavy (non-hydrogen) atoms. The van der Waals surface area contributed by atoms with Crippen molar-refractivity contribution in [3.05, 3.63) is 75.5 Å². The minimum Gasteiger partial charge on any atom is -0.382 e. The number of benzene rings is 2. The summed E-state index contributed by atoms with van der Waals surface area (Å²) in [6, 6.07) is 12.2. The summed E-state index contributed by atoms with van der Waals surface area (Å²) in [5.74, 6) is -1.30. The fraction of sp³-hybridized carbons (Fsp3) is 0.393. The zero-order chi connectivity index (χ0) is 28.9. The number of nitrogens with zero attached hydrogens (tertiary/aromatic N) is 2. The van der Waals surface area contributed by atoms with E-state index in [0.717, 1.165) is 28.6 Å². The predicted octanol–water partition coefficient (Wildman–Crippen LogP) is 5.14. The number of hydrogen-bond donors (Lipinski definition) is 2. The number of nitro benzene ring substituents is 1. The van der Waals surface area contributed by atoms with E-state index in [9.17, 15) is 32.9 Å². The van der Waals surface area contributed by atoms with E-state index in [0.29, 0.717) is 31.4 Å². The van der Waals surface area contributed by atoms with Crippen molar-refractivity contribution < 1.29 is 32.4 Å². The molecule has 0 bridgehead atoms. The van der Waals surface area contributed by atoms with Crippen LogP contribution in [-0.2, 0) is 26.9 Å². The van der Waals surface area contributed by atoms with Gasteiger partial charge in [-0.2, -0.15) is 13.2 Å². The van der Waals surface area contributed by atoms with Gasteiger partial charge >= 0.3 is 6.18 Å². The molecule has 1 fully saturated rings. The molecule has 0 unspecified atom stereocenters. The normalized spacial score (nSPS) is 17.4. The summed E-state index contributed by atoms with van der Waals surface area (Å²) in [6.07, 6.45) is -2.46. The molecule has 0 saturated heterocycles. The maximum absolute atomic E-state index is 13.2. The third-order valence-electron chi connectivity index (χ3n) is 6.78. The molecule has 3 aromatic rings. The zero-order valence-corrected chi connectivity index (χ0v) is 21.8. The summed E-state index contributed by atoms with van der Waals surface area (Å²) in [5, 5.41) is 17.5. The van der Waals surface area contributed by atoms with Gasteiger partial charge in [-0.15, -0.1) is 0 Å². The minimum atomic E-state index is -4.84. The summed E-state index contributed by atoms with van der Waals surface area (Å²) in [5.41, 5.74) is 0.279. The smallest absolute Gasteiger partial charge is 0.382 e. The number of carbonyl (C=O) groups excluding carboxylic acids is 2. The van der Waals surface area contributed by atoms with E-state index in [-0.39, 0.29) is 37.4 Å². The first-order valence-electron chi connectivity index (χ1n) is 12.9. The van der Waals surface area contributed by atoms with E-state index < -0.39 is 34.0 Å². The molecule has 0 spiro atoms. The van der Waals surface area contributed by atoms with Crippen molar-refractivity contribution in [1.29, 1.82) is 0 Å². The molecule has 2 aromatic carbocycles. The Hall–Kier alpha value is -4.06. The predicted molar refractivity (Wildman–Crippen MR) is 142 cm³/mol. The Morgan fingerprint density at radius 3 is 2.52 bits per heavy atom. The van der Waals surface area contributed by atoms with Gasteiger partial charge in [-0.05, 0) is 62.9 Å². The standard InChI is InChI=1S/C28H29F3N4O5/c1-17-2-10-24-18(14-17)3-4-21(34-24)16-26(36)27(37)32-12-13-40-22-8-5-19(6-9-22)33-20-7-11-25(35(38)39)23(15-20)28(29,30)31/h2-4,7,10-11,14-15,19,22,33H,5-6,8-9,12-13,16H2,1H3,(H,32,37). The minimum absolute atomic E-state index is 0.0845. The van der Waals surface area contributed by atoms with E-state index in [4.69, 9.17) is 4.74 Å². The van der Waals surface area contributed by atoms with Crippen LogP contribution in [0.3, 0.4) is 0 Å². The average molecular weight is 559 g/mol. The molecule has 0 aliphatic heterocycles. The van der Waals surface area contributed by atoms with Crippen LogP contribution in [-0.4, -0.2) is 46.9 Å². The van der Waals surface area contributed by atoms with Gasteiger partial charge in [0.05, 0.1) is 29.6 Å². The van der Waals surface area contributed by atoms with Crippen LogP contribution in [0.1, 0.15) is 42.5 Å². The number of aryl methyl sites for hydroxylation is 1. The second-order valence-electron chi connectivity index (χ2n) is 9.83. The van der Waals surface area contributed by atoms with Crippen molar-refractivity contribution in [2.45, 2.75) is 57.3 Å². The van der Waals surface area contributed by atoms with Crippen LogP contribution in [0.4, 0.5) is 24.5 Å². The number of rotatable bonds is 10. The van der Waals surface area contributed by atoms with Crippen molar-refractivity contribution in [1.82, 2.24) is 10.3 Å². The van der Waals surface area contributed by atoms with Crippen LogP contribution in [0.5, 0.6) is 0 Å². The molecule has 0 atom stereocenters. The molecule has 1 saturated carbocycles. The molecule has 1 aromatic heterocycles. The lowest BCUT2D eigenvalue weighted by molar-refractivity contribution is -0.388. The molecular weight excluding hydrogens is 529 g/mol. The highest BCUT2D eigenvalue weighted by Gasteiger charge is 2.38. The molecule has 1 aliphatic carbocycles. The fourth-order valence-corrected chi connectivity index (χ4v) is 4.74. The Morgan fingerprint density at radius 1 is 1.07 bits per heavy atom. The van der Waals surface area contributed by atoms with Crippen LogP contribution in [0.2, 0.25) is 0 Å². The number of halogens is 3. The lowest BCUT2D eigenvalue weighted by Gasteiger charge is -2.30. The number of amides is 1. The van der Waals surface area contributed by atoms with E-state index in [1.54, 1.807) is 6.07 Å².